The molecule has 3 heteroatoms. The molecule has 0 fully saturated rings. The van der Waals surface area contributed by atoms with Crippen molar-refractivity contribution >= 4 is 5.84 Å². The smallest absolute Gasteiger partial charge is 0.124 e. The molecule has 0 saturated carbocycles. The van der Waals surface area contributed by atoms with E-state index in [1.54, 1.807) is 0 Å². The lowest BCUT2D eigenvalue weighted by molar-refractivity contribution is 0.334. The maximum absolute atomic E-state index is 5.82. The lowest BCUT2D eigenvalue weighted by Crippen LogP contribution is -2.13. The minimum absolute atomic E-state index is 0.0905. The van der Waals surface area contributed by atoms with Crippen molar-refractivity contribution in [3.8, 4) is 5.75 Å². The fourth-order valence-corrected chi connectivity index (χ4v) is 1.77. The first-order valence-corrected chi connectivity index (χ1v) is 5.35. The summed E-state index contributed by atoms with van der Waals surface area (Å²) in [6.45, 7) is 2.71. The fourth-order valence-electron chi connectivity index (χ4n) is 1.77. The summed E-state index contributed by atoms with van der Waals surface area (Å²) in [5.74, 6) is 1.67. The Bertz CT molecular complexity index is 374. The first kappa shape index (κ1) is 10.0. The molecule has 15 heavy (non-hydrogen) atoms. The number of hydrogen-bond donors (Lipinski definition) is 1. The van der Waals surface area contributed by atoms with Crippen LogP contribution in [0.1, 0.15) is 31.4 Å². The first-order chi connectivity index (χ1) is 7.31. The quantitative estimate of drug-likeness (QED) is 0.606. The highest BCUT2D eigenvalue weighted by atomic mass is 16.5. The minimum atomic E-state index is 0.0905. The van der Waals surface area contributed by atoms with Crippen molar-refractivity contribution < 1.29 is 4.74 Å². The van der Waals surface area contributed by atoms with Gasteiger partial charge in [-0.05, 0) is 12.5 Å². The zero-order chi connectivity index (χ0) is 10.7. The zero-order valence-electron chi connectivity index (χ0n) is 8.94. The minimum Gasteiger partial charge on any atom is -0.491 e. The first-order valence-electron chi connectivity index (χ1n) is 5.35. The van der Waals surface area contributed by atoms with E-state index in [0.29, 0.717) is 6.61 Å². The van der Waals surface area contributed by atoms with Crippen LogP contribution in [-0.2, 0) is 0 Å². The van der Waals surface area contributed by atoms with Gasteiger partial charge >= 0.3 is 0 Å². The van der Waals surface area contributed by atoms with Crippen LogP contribution in [0.25, 0.3) is 0 Å². The van der Waals surface area contributed by atoms with Crippen LogP contribution < -0.4 is 10.5 Å². The van der Waals surface area contributed by atoms with E-state index in [-0.39, 0.29) is 6.04 Å². The number of ether oxygens (including phenoxy) is 1. The monoisotopic (exact) mass is 204 g/mol. The van der Waals surface area contributed by atoms with Crippen LogP contribution in [0.4, 0.5) is 0 Å². The fraction of sp³-hybridized carbons (Fsp3) is 0.417. The van der Waals surface area contributed by atoms with Crippen molar-refractivity contribution in [1.82, 2.24) is 0 Å². The second-order valence-electron chi connectivity index (χ2n) is 3.74. The van der Waals surface area contributed by atoms with E-state index in [2.05, 4.69) is 18.0 Å². The standard InChI is InChI=1S/C12H16N2O/c1-2-5-12(13)14-10-8-15-11-7-4-3-6-9(10)11/h3-4,6-7,10H,2,5,8H2,1H3,(H2,13,14). The Morgan fingerprint density at radius 3 is 3.13 bits per heavy atom. The van der Waals surface area contributed by atoms with E-state index < -0.39 is 0 Å². The van der Waals surface area contributed by atoms with Gasteiger partial charge in [-0.1, -0.05) is 25.1 Å². The molecule has 2 rings (SSSR count). The topological polar surface area (TPSA) is 47.6 Å². The summed E-state index contributed by atoms with van der Waals surface area (Å²) in [6, 6.07) is 8.09. The van der Waals surface area contributed by atoms with E-state index in [4.69, 9.17) is 10.5 Å². The Morgan fingerprint density at radius 2 is 2.33 bits per heavy atom. The molecule has 0 aromatic heterocycles. The number of aliphatic imine (C=N–C) groups is 1. The van der Waals surface area contributed by atoms with Gasteiger partial charge in [-0.15, -0.1) is 0 Å². The molecule has 0 saturated heterocycles. The maximum Gasteiger partial charge on any atom is 0.124 e. The van der Waals surface area contributed by atoms with Gasteiger partial charge in [0.15, 0.2) is 0 Å². The van der Waals surface area contributed by atoms with Crippen molar-refractivity contribution in [2.24, 2.45) is 10.7 Å². The number of nitrogens with zero attached hydrogens (tertiary/aromatic N) is 1. The second kappa shape index (κ2) is 4.34. The van der Waals surface area contributed by atoms with Gasteiger partial charge in [0.05, 0.1) is 5.84 Å². The highest BCUT2D eigenvalue weighted by Crippen LogP contribution is 2.34. The molecule has 0 spiro atoms. The van der Waals surface area contributed by atoms with Crippen LogP contribution in [0.5, 0.6) is 5.75 Å². The van der Waals surface area contributed by atoms with E-state index >= 15 is 0 Å². The number of hydrogen-bond acceptors (Lipinski definition) is 2. The summed E-state index contributed by atoms with van der Waals surface area (Å²) in [5.41, 5.74) is 6.97. The normalized spacial score (nSPS) is 19.8. The van der Waals surface area contributed by atoms with E-state index in [1.165, 1.54) is 0 Å². The molecular formula is C12H16N2O. The van der Waals surface area contributed by atoms with Crippen molar-refractivity contribution in [3.63, 3.8) is 0 Å². The summed E-state index contributed by atoms with van der Waals surface area (Å²) < 4.78 is 5.53. The van der Waals surface area contributed by atoms with Crippen molar-refractivity contribution in [3.05, 3.63) is 29.8 Å². The number of benzene rings is 1. The Kier molecular flexibility index (Phi) is 2.90. The van der Waals surface area contributed by atoms with Gasteiger partial charge in [-0.3, -0.25) is 4.99 Å². The third-order valence-corrected chi connectivity index (χ3v) is 2.50. The molecule has 1 heterocycles. The summed E-state index contributed by atoms with van der Waals surface area (Å²) >= 11 is 0. The Labute approximate surface area is 90.0 Å². The number of para-hydroxylation sites is 1. The number of fused-ring (bicyclic) bond motifs is 1. The van der Waals surface area contributed by atoms with Crippen LogP contribution >= 0.6 is 0 Å². The SMILES string of the molecule is CCCC(N)=NC1COc2ccccc21. The molecule has 0 aliphatic carbocycles. The zero-order valence-corrected chi connectivity index (χ0v) is 8.94. The summed E-state index contributed by atoms with van der Waals surface area (Å²) in [4.78, 5) is 4.48. The molecule has 0 radical (unpaired) electrons. The Morgan fingerprint density at radius 1 is 1.53 bits per heavy atom. The highest BCUT2D eigenvalue weighted by Gasteiger charge is 2.22. The Balaban J connectivity index is 2.17. The maximum atomic E-state index is 5.82. The van der Waals surface area contributed by atoms with Crippen LogP contribution in [0, 0.1) is 0 Å². The molecule has 3 nitrogen and oxygen atoms in total. The van der Waals surface area contributed by atoms with Gasteiger partial charge < -0.3 is 10.5 Å². The summed E-state index contributed by atoms with van der Waals surface area (Å²) in [5, 5.41) is 0. The average molecular weight is 204 g/mol. The van der Waals surface area contributed by atoms with Crippen LogP contribution in [0.15, 0.2) is 29.3 Å². The Hall–Kier alpha value is -1.51. The predicted octanol–water partition coefficient (Wildman–Crippen LogP) is 2.28. The largest absolute Gasteiger partial charge is 0.491 e. The summed E-state index contributed by atoms with van der Waals surface area (Å²) in [7, 11) is 0. The van der Waals surface area contributed by atoms with Crippen LogP contribution in [0.2, 0.25) is 0 Å². The van der Waals surface area contributed by atoms with Crippen LogP contribution in [0.3, 0.4) is 0 Å². The lowest BCUT2D eigenvalue weighted by Gasteiger charge is -2.04. The van der Waals surface area contributed by atoms with Crippen molar-refractivity contribution in [2.45, 2.75) is 25.8 Å². The molecule has 1 aromatic carbocycles. The molecule has 2 N–H and O–H groups in total. The molecule has 1 atom stereocenters. The van der Waals surface area contributed by atoms with E-state index in [9.17, 15) is 0 Å². The summed E-state index contributed by atoms with van der Waals surface area (Å²) in [6.07, 6.45) is 1.89. The molecule has 1 unspecified atom stereocenters. The van der Waals surface area contributed by atoms with E-state index in [1.807, 2.05) is 18.2 Å². The molecule has 1 aromatic rings. The molecular weight excluding hydrogens is 188 g/mol. The number of amidine groups is 1. The van der Waals surface area contributed by atoms with E-state index in [0.717, 1.165) is 30.0 Å². The van der Waals surface area contributed by atoms with Gasteiger partial charge in [-0.2, -0.15) is 0 Å². The van der Waals surface area contributed by atoms with Crippen molar-refractivity contribution in [1.29, 1.82) is 0 Å². The van der Waals surface area contributed by atoms with Crippen molar-refractivity contribution in [2.75, 3.05) is 6.61 Å². The predicted molar refractivity (Wildman–Crippen MR) is 61.2 cm³/mol. The molecule has 80 valence electrons. The number of nitrogens with two attached hydrogens (primary N) is 1. The molecule has 0 bridgehead atoms. The highest BCUT2D eigenvalue weighted by molar-refractivity contribution is 5.80. The third kappa shape index (κ3) is 2.12. The second-order valence-corrected chi connectivity index (χ2v) is 3.74. The molecule has 1 aliphatic rings. The molecule has 1 aliphatic heterocycles. The van der Waals surface area contributed by atoms with Crippen LogP contribution in [-0.4, -0.2) is 12.4 Å². The van der Waals surface area contributed by atoms with Gasteiger partial charge in [-0.25, -0.2) is 0 Å². The average Bonchev–Trinajstić information content (AvgIpc) is 2.62. The third-order valence-electron chi connectivity index (χ3n) is 2.50. The lowest BCUT2D eigenvalue weighted by atomic mass is 10.1. The van der Waals surface area contributed by atoms with Gasteiger partial charge in [0.2, 0.25) is 0 Å². The molecule has 0 amide bonds. The van der Waals surface area contributed by atoms with Gasteiger partial charge in [0, 0.05) is 12.0 Å². The van der Waals surface area contributed by atoms with Gasteiger partial charge in [0.25, 0.3) is 0 Å². The number of rotatable bonds is 3. The van der Waals surface area contributed by atoms with Gasteiger partial charge in [0.1, 0.15) is 18.4 Å².